The molecule has 0 saturated carbocycles. The number of hydrogen-bond acceptors (Lipinski definition) is 6. The highest BCUT2D eigenvalue weighted by molar-refractivity contribution is 6.11. The molecule has 6 heteroatoms. The molecule has 0 unspecified atom stereocenters. The van der Waals surface area contributed by atoms with E-state index >= 15 is 0 Å². The SMILES string of the molecule is c1ccc(-c2ccc(-c3ccccc3N(c3ccc4c(c3)oc3ccccc34)c3ccccc3-c3ccccc3-c3ccccc3)cc2)cc1.c1ccc(-c2ccc(N(c3ccc(-c4ccc(-c5ccccc5-c5ccccc5)cc4)cc3)c3ccc4c(c3)oc3ccccc34)cc2)cc1.c1ccc(-c2cccc(-c3ccccc3N(c3ccc4c(c3)oc3ccccc34)c3ccccc3-c3ccccc3-c3ccccc3)c2)cc1. The second-order valence-electron chi connectivity index (χ2n) is 37.6. The van der Waals surface area contributed by atoms with Gasteiger partial charge in [0.25, 0.3) is 0 Å². The van der Waals surface area contributed by atoms with Gasteiger partial charge in [-0.15, -0.1) is 0 Å². The molecule has 708 valence electrons. The van der Waals surface area contributed by atoms with E-state index in [9.17, 15) is 0 Å². The van der Waals surface area contributed by atoms with Crippen molar-refractivity contribution in [2.75, 3.05) is 14.7 Å². The van der Waals surface area contributed by atoms with Crippen LogP contribution in [0, 0.1) is 0 Å². The van der Waals surface area contributed by atoms with Crippen LogP contribution in [0.1, 0.15) is 0 Å². The highest BCUT2D eigenvalue weighted by atomic mass is 16.3. The first kappa shape index (κ1) is 91.3. The van der Waals surface area contributed by atoms with Gasteiger partial charge in [-0.3, -0.25) is 0 Å². The van der Waals surface area contributed by atoms with Gasteiger partial charge < -0.3 is 28.0 Å². The summed E-state index contributed by atoms with van der Waals surface area (Å²) in [4.78, 5) is 7.09. The quantitative estimate of drug-likeness (QED) is 0.0715. The van der Waals surface area contributed by atoms with Gasteiger partial charge in [-0.05, 0) is 220 Å². The van der Waals surface area contributed by atoms with Gasteiger partial charge in [0.15, 0.2) is 0 Å². The highest BCUT2D eigenvalue weighted by Crippen LogP contribution is 2.52. The van der Waals surface area contributed by atoms with E-state index in [4.69, 9.17) is 13.3 Å². The minimum atomic E-state index is 0.861. The van der Waals surface area contributed by atoms with Gasteiger partial charge in [-0.1, -0.05) is 473 Å². The third-order valence-electron chi connectivity index (χ3n) is 28.5. The lowest BCUT2D eigenvalue weighted by Gasteiger charge is -2.30. The third kappa shape index (κ3) is 18.4. The normalized spacial score (nSPS) is 11.2. The molecule has 27 aromatic rings. The average molecular weight is 1920 g/mol. The van der Waals surface area contributed by atoms with Gasteiger partial charge in [0, 0.05) is 101 Å². The molecule has 3 aromatic heterocycles. The Morgan fingerprint density at radius 2 is 0.300 bits per heavy atom. The number of para-hydroxylation sites is 7. The van der Waals surface area contributed by atoms with Crippen molar-refractivity contribution < 1.29 is 13.3 Å². The number of anilines is 9. The molecule has 0 aliphatic carbocycles. The second-order valence-corrected chi connectivity index (χ2v) is 37.6. The van der Waals surface area contributed by atoms with Gasteiger partial charge in [-0.2, -0.15) is 0 Å². The number of fused-ring (bicyclic) bond motifs is 9. The van der Waals surface area contributed by atoms with Crippen LogP contribution in [-0.2, 0) is 0 Å². The minimum Gasteiger partial charge on any atom is -0.456 e. The van der Waals surface area contributed by atoms with Gasteiger partial charge in [0.2, 0.25) is 0 Å². The van der Waals surface area contributed by atoms with Crippen molar-refractivity contribution in [3.05, 3.63) is 601 Å². The molecular formula is C144H99N3O3. The predicted octanol–water partition coefficient (Wildman–Crippen LogP) is 41.2. The maximum atomic E-state index is 6.46. The van der Waals surface area contributed by atoms with E-state index in [2.05, 4.69) is 579 Å². The van der Waals surface area contributed by atoms with Crippen molar-refractivity contribution in [3.63, 3.8) is 0 Å². The summed E-state index contributed by atoms with van der Waals surface area (Å²) in [6.07, 6.45) is 0. The molecule has 0 bridgehead atoms. The first-order chi connectivity index (χ1) is 74.4. The summed E-state index contributed by atoms with van der Waals surface area (Å²) in [7, 11) is 0. The Kier molecular flexibility index (Phi) is 25.2. The van der Waals surface area contributed by atoms with Crippen LogP contribution in [0.15, 0.2) is 614 Å². The van der Waals surface area contributed by atoms with Crippen LogP contribution in [0.25, 0.3) is 199 Å². The Morgan fingerprint density at radius 3 is 0.647 bits per heavy atom. The monoisotopic (exact) mass is 1920 g/mol. The Labute approximate surface area is 872 Å². The fourth-order valence-corrected chi connectivity index (χ4v) is 21.3. The van der Waals surface area contributed by atoms with Crippen LogP contribution in [0.2, 0.25) is 0 Å². The molecule has 6 nitrogen and oxygen atoms in total. The standard InChI is InChI=1S/3C48H33NO/c1-3-16-34(17-4-1)36-20-15-21-37(32-36)40-23-9-12-27-45(40)49(38-30-31-44-43-26-11-14-29-47(43)50-48(44)33-38)46-28-13-10-25-42(46)41-24-8-7-22-39(41)35-18-5-2-6-19-35;1-3-15-34(16-4-1)35-27-29-37(30-28-35)40-20-9-12-24-45(40)49(38-31-32-44-43-23-11-14-26-47(43)50-48(44)33-38)46-25-13-10-22-42(46)41-21-8-7-19-39(41)36-17-5-2-6-18-36;1-3-11-34(12-4-1)36-23-27-40(28-24-36)49(42-31-32-46-45-17-9-10-18-47(45)50-48(46)33-42)41-29-25-37(26-30-41)35-19-21-39(22-20-35)44-16-8-7-15-43(44)38-13-5-2-6-14-38/h3*1-33H. The molecule has 0 atom stereocenters. The van der Waals surface area contributed by atoms with Crippen molar-refractivity contribution >= 4 is 117 Å². The van der Waals surface area contributed by atoms with Crippen molar-refractivity contribution in [2.45, 2.75) is 0 Å². The van der Waals surface area contributed by atoms with Crippen LogP contribution in [0.5, 0.6) is 0 Å². The predicted molar refractivity (Wildman–Crippen MR) is 630 cm³/mol. The zero-order valence-corrected chi connectivity index (χ0v) is 82.2. The maximum absolute atomic E-state index is 6.46. The third-order valence-corrected chi connectivity index (χ3v) is 28.5. The molecule has 0 amide bonds. The molecule has 0 fully saturated rings. The molecular weight excluding hydrogens is 1820 g/mol. The molecule has 27 rings (SSSR count). The first-order valence-corrected chi connectivity index (χ1v) is 51.0. The molecule has 0 aliphatic rings. The Balaban J connectivity index is 0.000000116. The molecule has 0 radical (unpaired) electrons. The molecule has 0 aliphatic heterocycles. The summed E-state index contributed by atoms with van der Waals surface area (Å²) in [5.41, 5.74) is 43.2. The van der Waals surface area contributed by atoms with E-state index in [1.54, 1.807) is 0 Å². The molecule has 0 saturated heterocycles. The summed E-state index contributed by atoms with van der Waals surface area (Å²) in [5, 5.41) is 6.71. The van der Waals surface area contributed by atoms with Gasteiger partial charge in [0.1, 0.15) is 33.5 Å². The number of rotatable bonds is 21. The number of furan rings is 3. The molecule has 0 N–H and O–H groups in total. The van der Waals surface area contributed by atoms with Crippen LogP contribution in [-0.4, -0.2) is 0 Å². The number of benzene rings is 24. The molecule has 0 spiro atoms. The summed E-state index contributed by atoms with van der Waals surface area (Å²) in [6.45, 7) is 0. The maximum Gasteiger partial charge on any atom is 0.137 e. The molecule has 24 aromatic carbocycles. The van der Waals surface area contributed by atoms with Crippen molar-refractivity contribution in [1.82, 2.24) is 0 Å². The fraction of sp³-hybridized carbons (Fsp3) is 0. The van der Waals surface area contributed by atoms with Crippen LogP contribution in [0.3, 0.4) is 0 Å². The zero-order chi connectivity index (χ0) is 99.8. The summed E-state index contributed by atoms with van der Waals surface area (Å²) >= 11 is 0. The first-order valence-electron chi connectivity index (χ1n) is 51.0. The summed E-state index contributed by atoms with van der Waals surface area (Å²) in [5.74, 6) is 0. The number of hydrogen-bond donors (Lipinski definition) is 0. The van der Waals surface area contributed by atoms with Crippen molar-refractivity contribution in [3.8, 4) is 134 Å². The van der Waals surface area contributed by atoms with Crippen LogP contribution < -0.4 is 14.7 Å². The van der Waals surface area contributed by atoms with Gasteiger partial charge in [0.05, 0.1) is 22.7 Å². The van der Waals surface area contributed by atoms with Crippen molar-refractivity contribution in [2.24, 2.45) is 0 Å². The minimum absolute atomic E-state index is 0.861. The van der Waals surface area contributed by atoms with E-state index in [-0.39, 0.29) is 0 Å². The van der Waals surface area contributed by atoms with E-state index in [0.717, 1.165) is 150 Å². The number of nitrogens with zero attached hydrogens (tertiary/aromatic N) is 3. The highest BCUT2D eigenvalue weighted by Gasteiger charge is 2.28. The van der Waals surface area contributed by atoms with Crippen LogP contribution >= 0.6 is 0 Å². The summed E-state index contributed by atoms with van der Waals surface area (Å²) < 4.78 is 19.2. The van der Waals surface area contributed by atoms with E-state index in [1.165, 1.54) is 100 Å². The van der Waals surface area contributed by atoms with Crippen molar-refractivity contribution in [1.29, 1.82) is 0 Å². The lowest BCUT2D eigenvalue weighted by molar-refractivity contribution is 0.668. The zero-order valence-electron chi connectivity index (χ0n) is 82.2. The van der Waals surface area contributed by atoms with Gasteiger partial charge >= 0.3 is 0 Å². The summed E-state index contributed by atoms with van der Waals surface area (Å²) in [6, 6.07) is 213. The smallest absolute Gasteiger partial charge is 0.137 e. The topological polar surface area (TPSA) is 49.1 Å². The Bertz CT molecular complexity index is 9480. The van der Waals surface area contributed by atoms with Crippen LogP contribution in [0.4, 0.5) is 51.2 Å². The second kappa shape index (κ2) is 41.4. The largest absolute Gasteiger partial charge is 0.456 e. The Morgan fingerprint density at radius 1 is 0.100 bits per heavy atom. The van der Waals surface area contributed by atoms with E-state index in [1.807, 2.05) is 36.4 Å². The fourth-order valence-electron chi connectivity index (χ4n) is 21.3. The van der Waals surface area contributed by atoms with E-state index < -0.39 is 0 Å². The lowest BCUT2D eigenvalue weighted by atomic mass is 9.92. The Hall–Kier alpha value is -19.9. The molecule has 3 heterocycles. The lowest BCUT2D eigenvalue weighted by Crippen LogP contribution is -2.12. The van der Waals surface area contributed by atoms with E-state index in [0.29, 0.717) is 0 Å². The molecule has 150 heavy (non-hydrogen) atoms. The average Bonchev–Trinajstić information content (AvgIpc) is 1.29. The van der Waals surface area contributed by atoms with Gasteiger partial charge in [-0.25, -0.2) is 0 Å².